The molecule has 0 saturated heterocycles. The third-order valence-electron chi connectivity index (χ3n) is 6.27. The first kappa shape index (κ1) is 20.4. The highest BCUT2D eigenvalue weighted by Crippen LogP contribution is 2.48. The second kappa shape index (κ2) is 7.42. The Kier molecular flexibility index (Phi) is 5.05. The van der Waals surface area contributed by atoms with Crippen molar-refractivity contribution in [3.63, 3.8) is 0 Å². The molecule has 0 fully saturated rings. The molecule has 0 bridgehead atoms. The van der Waals surface area contributed by atoms with E-state index in [0.29, 0.717) is 19.3 Å². The highest BCUT2D eigenvalue weighted by Gasteiger charge is 2.44. The first-order valence-electron chi connectivity index (χ1n) is 10.5. The maximum atomic E-state index is 13.5. The second-order valence-corrected chi connectivity index (χ2v) is 9.35. The number of Topliss-reactive ketones (excluding diaryl/α,β-unsaturated/α-hetero) is 1. The molecule has 156 valence electrons. The molecule has 4 nitrogen and oxygen atoms in total. The van der Waals surface area contributed by atoms with Crippen LogP contribution < -0.4 is 9.64 Å². The number of hydrogen-bond acceptors (Lipinski definition) is 3. The molecule has 30 heavy (non-hydrogen) atoms. The number of allylic oxidation sites excluding steroid dienone is 2. The Hall–Kier alpha value is -2.88. The van der Waals surface area contributed by atoms with Crippen LogP contribution in [0.4, 0.5) is 5.69 Å². The van der Waals surface area contributed by atoms with Gasteiger partial charge in [-0.25, -0.2) is 0 Å². The first-order chi connectivity index (χ1) is 14.2. The molecule has 2 aromatic rings. The van der Waals surface area contributed by atoms with Crippen LogP contribution in [-0.2, 0) is 9.59 Å². The number of carbonyl (C=O) groups is 2. The predicted octanol–water partition coefficient (Wildman–Crippen LogP) is 5.48. The molecule has 4 rings (SSSR count). The van der Waals surface area contributed by atoms with Crippen molar-refractivity contribution in [2.45, 2.75) is 52.9 Å². The lowest BCUT2D eigenvalue weighted by molar-refractivity contribution is -0.121. The number of aryl methyl sites for hydroxylation is 2. The normalized spacial score (nSPS) is 21.0. The lowest BCUT2D eigenvalue weighted by Crippen LogP contribution is -2.44. The van der Waals surface area contributed by atoms with Gasteiger partial charge in [0.15, 0.2) is 5.78 Å². The van der Waals surface area contributed by atoms with E-state index in [9.17, 15) is 9.59 Å². The van der Waals surface area contributed by atoms with Crippen LogP contribution in [0.1, 0.15) is 55.7 Å². The lowest BCUT2D eigenvalue weighted by Gasteiger charge is -2.43. The quantitative estimate of drug-likeness (QED) is 0.682. The van der Waals surface area contributed by atoms with E-state index in [-0.39, 0.29) is 23.0 Å². The number of ketones is 1. The fraction of sp³-hybridized carbons (Fsp3) is 0.385. The zero-order chi connectivity index (χ0) is 21.6. The van der Waals surface area contributed by atoms with Crippen molar-refractivity contribution in [2.75, 3.05) is 12.0 Å². The van der Waals surface area contributed by atoms with Crippen LogP contribution in [0, 0.1) is 19.3 Å². The fourth-order valence-electron chi connectivity index (χ4n) is 4.78. The zero-order valence-corrected chi connectivity index (χ0v) is 18.4. The molecule has 1 atom stereocenters. The summed E-state index contributed by atoms with van der Waals surface area (Å²) in [4.78, 5) is 28.7. The summed E-state index contributed by atoms with van der Waals surface area (Å²) in [5.74, 6) is 0.769. The van der Waals surface area contributed by atoms with Crippen molar-refractivity contribution in [1.29, 1.82) is 0 Å². The molecule has 1 aliphatic carbocycles. The molecule has 1 unspecified atom stereocenters. The number of rotatable bonds is 3. The van der Waals surface area contributed by atoms with Crippen LogP contribution in [0.2, 0.25) is 0 Å². The molecular weight excluding hydrogens is 374 g/mol. The van der Waals surface area contributed by atoms with Crippen molar-refractivity contribution in [3.05, 3.63) is 70.4 Å². The number of hydrogen-bond donors (Lipinski definition) is 0. The summed E-state index contributed by atoms with van der Waals surface area (Å²) in [5.41, 5.74) is 5.54. The van der Waals surface area contributed by atoms with Crippen LogP contribution in [0.5, 0.6) is 5.75 Å². The van der Waals surface area contributed by atoms with Crippen LogP contribution >= 0.6 is 0 Å². The third kappa shape index (κ3) is 3.55. The number of anilines is 1. The monoisotopic (exact) mass is 403 g/mol. The Bertz CT molecular complexity index is 1050. The molecule has 0 saturated carbocycles. The predicted molar refractivity (Wildman–Crippen MR) is 119 cm³/mol. The minimum atomic E-state index is -0.205. The smallest absolute Gasteiger partial charge is 0.232 e. The molecule has 0 N–H and O–H groups in total. The van der Waals surface area contributed by atoms with E-state index in [4.69, 9.17) is 4.74 Å². The van der Waals surface area contributed by atoms with Gasteiger partial charge in [-0.15, -0.1) is 0 Å². The molecule has 4 heteroatoms. The summed E-state index contributed by atoms with van der Waals surface area (Å²) < 4.78 is 5.28. The zero-order valence-electron chi connectivity index (χ0n) is 18.4. The van der Waals surface area contributed by atoms with Gasteiger partial charge in [-0.3, -0.25) is 14.5 Å². The van der Waals surface area contributed by atoms with E-state index in [1.54, 1.807) is 7.11 Å². The third-order valence-corrected chi connectivity index (χ3v) is 6.27. The lowest BCUT2D eigenvalue weighted by atomic mass is 9.69. The first-order valence-corrected chi connectivity index (χ1v) is 10.5. The van der Waals surface area contributed by atoms with Gasteiger partial charge < -0.3 is 4.74 Å². The van der Waals surface area contributed by atoms with E-state index < -0.39 is 0 Å². The summed E-state index contributed by atoms with van der Waals surface area (Å²) in [6, 6.07) is 13.9. The average Bonchev–Trinajstić information content (AvgIpc) is 2.68. The van der Waals surface area contributed by atoms with Crippen molar-refractivity contribution in [1.82, 2.24) is 0 Å². The minimum absolute atomic E-state index is 0.0498. The van der Waals surface area contributed by atoms with Crippen LogP contribution in [0.25, 0.3) is 0 Å². The Morgan fingerprint density at radius 1 is 1.00 bits per heavy atom. The summed E-state index contributed by atoms with van der Waals surface area (Å²) >= 11 is 0. The highest BCUT2D eigenvalue weighted by molar-refractivity contribution is 6.08. The van der Waals surface area contributed by atoms with Gasteiger partial charge in [0.05, 0.1) is 12.8 Å². The summed E-state index contributed by atoms with van der Waals surface area (Å²) in [6.07, 6.45) is 1.51. The van der Waals surface area contributed by atoms with Gasteiger partial charge in [-0.05, 0) is 60.6 Å². The maximum absolute atomic E-state index is 13.5. The van der Waals surface area contributed by atoms with Crippen molar-refractivity contribution < 1.29 is 14.3 Å². The molecule has 2 aromatic carbocycles. The molecule has 1 heterocycles. The van der Waals surface area contributed by atoms with Gasteiger partial charge >= 0.3 is 0 Å². The molecule has 0 spiro atoms. The van der Waals surface area contributed by atoms with Crippen LogP contribution in [0.3, 0.4) is 0 Å². The molecule has 1 amide bonds. The molecule has 2 aliphatic rings. The molecule has 1 aliphatic heterocycles. The Balaban J connectivity index is 1.90. The number of nitrogens with zero attached hydrogens (tertiary/aromatic N) is 1. The van der Waals surface area contributed by atoms with Gasteiger partial charge in [0.25, 0.3) is 0 Å². The largest absolute Gasteiger partial charge is 0.497 e. The van der Waals surface area contributed by atoms with E-state index in [2.05, 4.69) is 26.0 Å². The van der Waals surface area contributed by atoms with Gasteiger partial charge in [0.1, 0.15) is 5.75 Å². The summed E-state index contributed by atoms with van der Waals surface area (Å²) in [6.45, 7) is 8.27. The summed E-state index contributed by atoms with van der Waals surface area (Å²) in [5, 5.41) is 0. The van der Waals surface area contributed by atoms with Crippen molar-refractivity contribution in [2.24, 2.45) is 5.41 Å². The maximum Gasteiger partial charge on any atom is 0.232 e. The number of ether oxygens (including phenoxy) is 1. The van der Waals surface area contributed by atoms with Gasteiger partial charge in [-0.2, -0.15) is 0 Å². The van der Waals surface area contributed by atoms with E-state index in [1.165, 1.54) is 0 Å². The van der Waals surface area contributed by atoms with Gasteiger partial charge in [0, 0.05) is 30.0 Å². The van der Waals surface area contributed by atoms with E-state index >= 15 is 0 Å². The Morgan fingerprint density at radius 2 is 1.70 bits per heavy atom. The van der Waals surface area contributed by atoms with Gasteiger partial charge in [0.2, 0.25) is 5.91 Å². The SMILES string of the molecule is COc1ccc(C2CC(=O)N(c3cc(C)ccc3C)C3=C2C(=O)CC(C)(C)C3)cc1. The van der Waals surface area contributed by atoms with Crippen molar-refractivity contribution in [3.8, 4) is 5.75 Å². The van der Waals surface area contributed by atoms with Crippen LogP contribution in [-0.4, -0.2) is 18.8 Å². The fourth-order valence-corrected chi connectivity index (χ4v) is 4.78. The molecular formula is C26H29NO3. The number of methoxy groups -OCH3 is 1. The standard InChI is InChI=1S/C26H29NO3/c1-16-6-7-17(2)21(12-16)27-22-14-26(3,4)15-23(28)25(22)20(13-24(27)29)18-8-10-19(30-5)11-9-18/h6-12,20H,13-15H2,1-5H3. The number of carbonyl (C=O) groups excluding carboxylic acids is 2. The Labute approximate surface area is 178 Å². The van der Waals surface area contributed by atoms with Gasteiger partial charge in [-0.1, -0.05) is 38.1 Å². The molecule has 0 aromatic heterocycles. The second-order valence-electron chi connectivity index (χ2n) is 9.35. The van der Waals surface area contributed by atoms with E-state index in [0.717, 1.165) is 39.4 Å². The van der Waals surface area contributed by atoms with Crippen molar-refractivity contribution >= 4 is 17.4 Å². The van der Waals surface area contributed by atoms with Crippen LogP contribution in [0.15, 0.2) is 53.7 Å². The number of benzene rings is 2. The minimum Gasteiger partial charge on any atom is -0.497 e. The molecule has 0 radical (unpaired) electrons. The summed E-state index contributed by atoms with van der Waals surface area (Å²) in [7, 11) is 1.63. The van der Waals surface area contributed by atoms with E-state index in [1.807, 2.05) is 49.1 Å². The topological polar surface area (TPSA) is 46.6 Å². The highest BCUT2D eigenvalue weighted by atomic mass is 16.5. The Morgan fingerprint density at radius 3 is 2.37 bits per heavy atom. The number of amides is 1. The average molecular weight is 404 g/mol.